The second kappa shape index (κ2) is 14.0. The SMILES string of the molecule is C/C(=C\Cc1c(C)c(C)c2ccccc2c1C)CCCC(C)CCCC(C)CCCC(C)C. The van der Waals surface area contributed by atoms with Gasteiger partial charge in [-0.2, -0.15) is 0 Å². The van der Waals surface area contributed by atoms with Gasteiger partial charge in [-0.1, -0.05) is 109 Å². The van der Waals surface area contributed by atoms with Crippen molar-refractivity contribution >= 4 is 10.8 Å². The van der Waals surface area contributed by atoms with Crippen LogP contribution in [0.2, 0.25) is 0 Å². The third-order valence-electron chi connectivity index (χ3n) is 8.00. The van der Waals surface area contributed by atoms with Crippen LogP contribution >= 0.6 is 0 Å². The maximum absolute atomic E-state index is 2.49. The Kier molecular flexibility index (Phi) is 11.7. The molecule has 0 aliphatic rings. The first kappa shape index (κ1) is 27.7. The van der Waals surface area contributed by atoms with Gasteiger partial charge in [0, 0.05) is 0 Å². The highest BCUT2D eigenvalue weighted by Gasteiger charge is 2.11. The lowest BCUT2D eigenvalue weighted by molar-refractivity contribution is 0.389. The van der Waals surface area contributed by atoms with Crippen molar-refractivity contribution in [2.24, 2.45) is 17.8 Å². The molecule has 2 aromatic rings. The third kappa shape index (κ3) is 8.95. The quantitative estimate of drug-likeness (QED) is 0.252. The van der Waals surface area contributed by atoms with Crippen LogP contribution in [0.4, 0.5) is 0 Å². The molecule has 0 aliphatic carbocycles. The summed E-state index contributed by atoms with van der Waals surface area (Å²) in [5, 5.41) is 2.83. The number of aryl methyl sites for hydroxylation is 2. The molecular weight excluding hydrogens is 396 g/mol. The number of hydrogen-bond acceptors (Lipinski definition) is 0. The second-order valence-corrected chi connectivity index (χ2v) is 11.5. The number of allylic oxidation sites excluding steroid dienone is 2. The molecule has 2 rings (SSSR count). The summed E-state index contributed by atoms with van der Waals surface area (Å²) in [6.45, 7) is 18.8. The normalized spacial score (nSPS) is 14.3. The van der Waals surface area contributed by atoms with E-state index in [9.17, 15) is 0 Å². The molecule has 0 spiro atoms. The van der Waals surface area contributed by atoms with E-state index in [1.165, 1.54) is 90.8 Å². The zero-order valence-electron chi connectivity index (χ0n) is 23.2. The molecule has 2 unspecified atom stereocenters. The van der Waals surface area contributed by atoms with Gasteiger partial charge in [0.15, 0.2) is 0 Å². The Labute approximate surface area is 206 Å². The Morgan fingerprint density at radius 2 is 1.21 bits per heavy atom. The molecule has 0 radical (unpaired) electrons. The zero-order chi connectivity index (χ0) is 24.4. The summed E-state index contributed by atoms with van der Waals surface area (Å²) in [5.74, 6) is 2.64. The van der Waals surface area contributed by atoms with Gasteiger partial charge in [0.1, 0.15) is 0 Å². The second-order valence-electron chi connectivity index (χ2n) is 11.5. The summed E-state index contributed by atoms with van der Waals surface area (Å²) < 4.78 is 0. The van der Waals surface area contributed by atoms with Gasteiger partial charge in [-0.15, -0.1) is 0 Å². The molecule has 2 atom stereocenters. The molecule has 0 bridgehead atoms. The highest BCUT2D eigenvalue weighted by atomic mass is 14.2. The van der Waals surface area contributed by atoms with E-state index in [4.69, 9.17) is 0 Å². The zero-order valence-corrected chi connectivity index (χ0v) is 23.2. The van der Waals surface area contributed by atoms with E-state index in [1.54, 1.807) is 5.57 Å². The fourth-order valence-electron chi connectivity index (χ4n) is 5.40. The molecular formula is C33H52. The average molecular weight is 449 g/mol. The third-order valence-corrected chi connectivity index (χ3v) is 8.00. The Morgan fingerprint density at radius 1 is 0.697 bits per heavy atom. The van der Waals surface area contributed by atoms with Crippen molar-refractivity contribution < 1.29 is 0 Å². The summed E-state index contributed by atoms with van der Waals surface area (Å²) in [4.78, 5) is 0. The first-order chi connectivity index (χ1) is 15.7. The van der Waals surface area contributed by atoms with Gasteiger partial charge in [-0.3, -0.25) is 0 Å². The minimum Gasteiger partial charge on any atom is -0.0812 e. The molecule has 0 fully saturated rings. The van der Waals surface area contributed by atoms with Gasteiger partial charge in [-0.25, -0.2) is 0 Å². The summed E-state index contributed by atoms with van der Waals surface area (Å²) in [7, 11) is 0. The summed E-state index contributed by atoms with van der Waals surface area (Å²) in [6.07, 6.45) is 16.0. The van der Waals surface area contributed by atoms with Crippen molar-refractivity contribution in [3.63, 3.8) is 0 Å². The largest absolute Gasteiger partial charge is 0.0812 e. The van der Waals surface area contributed by atoms with Crippen LogP contribution in [-0.2, 0) is 6.42 Å². The summed E-state index contributed by atoms with van der Waals surface area (Å²) in [5.41, 5.74) is 7.47. The van der Waals surface area contributed by atoms with Crippen molar-refractivity contribution in [1.82, 2.24) is 0 Å². The van der Waals surface area contributed by atoms with Crippen molar-refractivity contribution in [2.75, 3.05) is 0 Å². The molecule has 0 N–H and O–H groups in total. The maximum atomic E-state index is 2.49. The van der Waals surface area contributed by atoms with Gasteiger partial charge in [-0.05, 0) is 97.7 Å². The molecule has 184 valence electrons. The standard InChI is InChI=1S/C33H52/c1-24(2)14-11-15-25(3)16-12-17-26(4)18-13-19-27(5)22-23-31-28(6)29(7)32-20-9-10-21-33(32)30(31)8/h9-10,20-22,24-26H,11-19,23H2,1-8H3/b27-22+. The molecule has 0 aliphatic heterocycles. The van der Waals surface area contributed by atoms with Gasteiger partial charge < -0.3 is 0 Å². The van der Waals surface area contributed by atoms with Crippen molar-refractivity contribution in [3.05, 3.63) is 58.2 Å². The van der Waals surface area contributed by atoms with E-state index < -0.39 is 0 Å². The van der Waals surface area contributed by atoms with E-state index in [-0.39, 0.29) is 0 Å². The molecule has 33 heavy (non-hydrogen) atoms. The van der Waals surface area contributed by atoms with Crippen LogP contribution in [0, 0.1) is 38.5 Å². The monoisotopic (exact) mass is 448 g/mol. The van der Waals surface area contributed by atoms with E-state index in [0.717, 1.165) is 24.2 Å². The molecule has 0 heteroatoms. The van der Waals surface area contributed by atoms with E-state index in [0.29, 0.717) is 0 Å². The lowest BCUT2D eigenvalue weighted by Gasteiger charge is -2.16. The Balaban J connectivity index is 1.75. The van der Waals surface area contributed by atoms with E-state index in [2.05, 4.69) is 85.7 Å². The number of rotatable bonds is 14. The lowest BCUT2D eigenvalue weighted by atomic mass is 9.89. The van der Waals surface area contributed by atoms with Crippen LogP contribution in [0.5, 0.6) is 0 Å². The van der Waals surface area contributed by atoms with Crippen LogP contribution in [-0.4, -0.2) is 0 Å². The Bertz CT molecular complexity index is 883. The van der Waals surface area contributed by atoms with Gasteiger partial charge in [0.2, 0.25) is 0 Å². The number of benzene rings is 2. The van der Waals surface area contributed by atoms with E-state index in [1.807, 2.05) is 0 Å². The minimum absolute atomic E-state index is 0.861. The van der Waals surface area contributed by atoms with Gasteiger partial charge in [0.25, 0.3) is 0 Å². The van der Waals surface area contributed by atoms with Gasteiger partial charge in [0.05, 0.1) is 0 Å². The summed E-state index contributed by atoms with van der Waals surface area (Å²) >= 11 is 0. The molecule has 0 aromatic heterocycles. The Hall–Kier alpha value is -1.56. The maximum Gasteiger partial charge on any atom is -0.00893 e. The molecule has 0 saturated heterocycles. The predicted molar refractivity (Wildman–Crippen MR) is 150 cm³/mol. The highest BCUT2D eigenvalue weighted by Crippen LogP contribution is 2.30. The first-order valence-corrected chi connectivity index (χ1v) is 13.8. The molecule has 0 heterocycles. The minimum atomic E-state index is 0.861. The van der Waals surface area contributed by atoms with Crippen LogP contribution < -0.4 is 0 Å². The first-order valence-electron chi connectivity index (χ1n) is 13.8. The Morgan fingerprint density at radius 3 is 1.79 bits per heavy atom. The predicted octanol–water partition coefficient (Wildman–Crippen LogP) is 10.7. The fraction of sp³-hybridized carbons (Fsp3) is 0.636. The lowest BCUT2D eigenvalue weighted by Crippen LogP contribution is -2.00. The van der Waals surface area contributed by atoms with Gasteiger partial charge >= 0.3 is 0 Å². The van der Waals surface area contributed by atoms with Crippen molar-refractivity contribution in [3.8, 4) is 0 Å². The van der Waals surface area contributed by atoms with Crippen LogP contribution in [0.15, 0.2) is 35.9 Å². The van der Waals surface area contributed by atoms with E-state index >= 15 is 0 Å². The van der Waals surface area contributed by atoms with Crippen molar-refractivity contribution in [2.45, 2.75) is 120 Å². The van der Waals surface area contributed by atoms with Crippen LogP contribution in [0.3, 0.4) is 0 Å². The number of hydrogen-bond donors (Lipinski definition) is 0. The van der Waals surface area contributed by atoms with Crippen LogP contribution in [0.25, 0.3) is 10.8 Å². The molecule has 0 amide bonds. The number of fused-ring (bicyclic) bond motifs is 1. The molecule has 0 saturated carbocycles. The van der Waals surface area contributed by atoms with Crippen LogP contribution in [0.1, 0.15) is 115 Å². The smallest absolute Gasteiger partial charge is 0.00893 e. The average Bonchev–Trinajstić information content (AvgIpc) is 2.77. The topological polar surface area (TPSA) is 0 Å². The molecule has 2 aromatic carbocycles. The molecule has 0 nitrogen and oxygen atoms in total. The fourth-order valence-corrected chi connectivity index (χ4v) is 5.40. The summed E-state index contributed by atoms with van der Waals surface area (Å²) in [6, 6.07) is 8.88. The van der Waals surface area contributed by atoms with Crippen molar-refractivity contribution in [1.29, 1.82) is 0 Å². The highest BCUT2D eigenvalue weighted by molar-refractivity contribution is 5.90.